The normalized spacial score (nSPS) is 11.5. The molecule has 2 heterocycles. The van der Waals surface area contributed by atoms with Gasteiger partial charge in [0.25, 0.3) is 0 Å². The third-order valence-corrected chi connectivity index (χ3v) is 12.3. The lowest BCUT2D eigenvalue weighted by molar-refractivity contribution is 0.669. The van der Waals surface area contributed by atoms with Crippen LogP contribution in [0.3, 0.4) is 0 Å². The number of thiophene rings is 1. The van der Waals surface area contributed by atoms with Crippen LogP contribution in [0.25, 0.3) is 86.6 Å². The summed E-state index contributed by atoms with van der Waals surface area (Å²) in [6, 6.07) is 76.4. The Morgan fingerprint density at radius 2 is 0.842 bits per heavy atom. The molecule has 0 atom stereocenters. The molecule has 57 heavy (non-hydrogen) atoms. The van der Waals surface area contributed by atoms with Crippen LogP contribution in [0.2, 0.25) is 0 Å². The van der Waals surface area contributed by atoms with Crippen molar-refractivity contribution in [1.82, 2.24) is 0 Å². The third kappa shape index (κ3) is 5.63. The number of rotatable bonds is 7. The van der Waals surface area contributed by atoms with Crippen LogP contribution in [0.15, 0.2) is 217 Å². The fourth-order valence-corrected chi connectivity index (χ4v) is 9.72. The second-order valence-electron chi connectivity index (χ2n) is 14.4. The zero-order chi connectivity index (χ0) is 37.7. The van der Waals surface area contributed by atoms with E-state index >= 15 is 0 Å². The Morgan fingerprint density at radius 3 is 1.65 bits per heavy atom. The van der Waals surface area contributed by atoms with Crippen molar-refractivity contribution in [3.05, 3.63) is 212 Å². The molecule has 0 saturated carbocycles. The number of fused-ring (bicyclic) bond motifs is 6. The Balaban J connectivity index is 1.13. The van der Waals surface area contributed by atoms with Gasteiger partial charge in [0, 0.05) is 42.2 Å². The molecule has 2 aromatic heterocycles. The van der Waals surface area contributed by atoms with E-state index < -0.39 is 0 Å². The topological polar surface area (TPSA) is 16.4 Å². The molecule has 268 valence electrons. The van der Waals surface area contributed by atoms with Crippen molar-refractivity contribution < 1.29 is 4.42 Å². The maximum absolute atomic E-state index is 6.28. The van der Waals surface area contributed by atoms with Crippen molar-refractivity contribution in [3.8, 4) is 44.5 Å². The van der Waals surface area contributed by atoms with Crippen LogP contribution in [0, 0.1) is 0 Å². The first-order valence-electron chi connectivity index (χ1n) is 19.3. The largest absolute Gasteiger partial charge is 0.456 e. The van der Waals surface area contributed by atoms with Crippen LogP contribution in [0.4, 0.5) is 17.1 Å². The fourth-order valence-electron chi connectivity index (χ4n) is 8.59. The van der Waals surface area contributed by atoms with Crippen LogP contribution in [-0.4, -0.2) is 0 Å². The summed E-state index contributed by atoms with van der Waals surface area (Å²) in [5, 5.41) is 4.80. The Labute approximate surface area is 335 Å². The van der Waals surface area contributed by atoms with E-state index in [4.69, 9.17) is 4.42 Å². The Bertz CT molecular complexity index is 3250. The smallest absolute Gasteiger partial charge is 0.136 e. The molecule has 2 nitrogen and oxygen atoms in total. The second-order valence-corrected chi connectivity index (χ2v) is 15.5. The van der Waals surface area contributed by atoms with Crippen LogP contribution in [-0.2, 0) is 0 Å². The quantitative estimate of drug-likeness (QED) is 0.162. The van der Waals surface area contributed by atoms with Gasteiger partial charge in [-0.05, 0) is 87.5 Å². The van der Waals surface area contributed by atoms with Gasteiger partial charge in [0.05, 0.1) is 11.4 Å². The first-order chi connectivity index (χ1) is 28.3. The van der Waals surface area contributed by atoms with E-state index in [1.54, 1.807) is 0 Å². The number of nitrogens with zero attached hydrogens (tertiary/aromatic N) is 1. The lowest BCUT2D eigenvalue weighted by Crippen LogP contribution is -2.11. The lowest BCUT2D eigenvalue weighted by Gasteiger charge is -2.29. The third-order valence-electron chi connectivity index (χ3n) is 11.1. The number of hydrogen-bond donors (Lipinski definition) is 0. The molecule has 3 heteroatoms. The summed E-state index contributed by atoms with van der Waals surface area (Å²) in [5.41, 5.74) is 14.6. The van der Waals surface area contributed by atoms with Crippen molar-refractivity contribution in [2.75, 3.05) is 4.90 Å². The average molecular weight is 746 g/mol. The van der Waals surface area contributed by atoms with Crippen LogP contribution >= 0.6 is 11.3 Å². The molecule has 0 N–H and O–H groups in total. The van der Waals surface area contributed by atoms with Crippen molar-refractivity contribution in [1.29, 1.82) is 0 Å². The Kier molecular flexibility index (Phi) is 8.04. The van der Waals surface area contributed by atoms with Gasteiger partial charge in [-0.25, -0.2) is 0 Å². The number of benzene rings is 9. The molecular formula is C54H35NOS. The zero-order valence-electron chi connectivity index (χ0n) is 31.0. The summed E-state index contributed by atoms with van der Waals surface area (Å²) in [7, 11) is 0. The van der Waals surface area contributed by atoms with Gasteiger partial charge in [0.15, 0.2) is 0 Å². The van der Waals surface area contributed by atoms with Crippen LogP contribution in [0.1, 0.15) is 0 Å². The standard InChI is InChI=1S/C54H35NOS/c1-2-16-36(17-3-1)39-18-4-5-19-41(39)42-20-6-7-21-43(42)44-22-8-11-26-47(44)55(48-27-15-31-52-54(48)46-24-10-13-30-51(46)57-52)38-34-32-37(33-35-38)40-25-14-29-50-53(40)45-23-9-12-28-49(45)56-50/h1-35H. The highest BCUT2D eigenvalue weighted by Crippen LogP contribution is 2.49. The maximum atomic E-state index is 6.28. The molecule has 9 aromatic carbocycles. The van der Waals surface area contributed by atoms with Crippen LogP contribution < -0.4 is 4.90 Å². The number of furan rings is 1. The Hall–Kier alpha value is -7.20. The molecule has 11 rings (SSSR count). The number of para-hydroxylation sites is 2. The van der Waals surface area contributed by atoms with Crippen molar-refractivity contribution in [2.45, 2.75) is 0 Å². The molecule has 0 aliphatic heterocycles. The average Bonchev–Trinajstić information content (AvgIpc) is 3.87. The predicted octanol–water partition coefficient (Wildman–Crippen LogP) is 16.1. The monoisotopic (exact) mass is 745 g/mol. The fraction of sp³-hybridized carbons (Fsp3) is 0. The van der Waals surface area contributed by atoms with Crippen LogP contribution in [0.5, 0.6) is 0 Å². The summed E-state index contributed by atoms with van der Waals surface area (Å²) in [4.78, 5) is 2.47. The summed E-state index contributed by atoms with van der Waals surface area (Å²) < 4.78 is 8.83. The van der Waals surface area contributed by atoms with Gasteiger partial charge >= 0.3 is 0 Å². The molecule has 0 radical (unpaired) electrons. The number of hydrogen-bond acceptors (Lipinski definition) is 3. The van der Waals surface area contributed by atoms with Gasteiger partial charge in [-0.1, -0.05) is 164 Å². The predicted molar refractivity (Wildman–Crippen MR) is 243 cm³/mol. The second kappa shape index (κ2) is 13.8. The van der Waals surface area contributed by atoms with E-state index in [9.17, 15) is 0 Å². The Morgan fingerprint density at radius 1 is 0.316 bits per heavy atom. The molecule has 0 unspecified atom stereocenters. The SMILES string of the molecule is c1ccc(-c2ccccc2-c2ccccc2-c2ccccc2N(c2ccc(-c3cccc4oc5ccccc5c34)cc2)c2cccc3sc4ccccc4c23)cc1. The first kappa shape index (κ1) is 33.2. The molecular weight excluding hydrogens is 711 g/mol. The van der Waals surface area contributed by atoms with E-state index in [0.717, 1.165) is 55.7 Å². The molecule has 0 aliphatic carbocycles. The minimum absolute atomic E-state index is 0.900. The molecule has 0 amide bonds. The minimum atomic E-state index is 0.900. The van der Waals surface area contributed by atoms with Gasteiger partial charge in [0.2, 0.25) is 0 Å². The highest BCUT2D eigenvalue weighted by molar-refractivity contribution is 7.26. The zero-order valence-corrected chi connectivity index (χ0v) is 31.8. The van der Waals surface area contributed by atoms with E-state index in [1.165, 1.54) is 48.0 Å². The van der Waals surface area contributed by atoms with Crippen molar-refractivity contribution in [2.24, 2.45) is 0 Å². The van der Waals surface area contributed by atoms with Gasteiger partial charge < -0.3 is 9.32 Å². The summed E-state index contributed by atoms with van der Waals surface area (Å²) in [6.07, 6.45) is 0. The van der Waals surface area contributed by atoms with Crippen molar-refractivity contribution >= 4 is 70.5 Å². The summed E-state index contributed by atoms with van der Waals surface area (Å²) in [5.74, 6) is 0. The molecule has 11 aromatic rings. The van der Waals surface area contributed by atoms with E-state index in [2.05, 4.69) is 205 Å². The van der Waals surface area contributed by atoms with Gasteiger partial charge in [-0.15, -0.1) is 11.3 Å². The van der Waals surface area contributed by atoms with Gasteiger partial charge in [-0.3, -0.25) is 0 Å². The highest BCUT2D eigenvalue weighted by Gasteiger charge is 2.23. The minimum Gasteiger partial charge on any atom is -0.456 e. The first-order valence-corrected chi connectivity index (χ1v) is 20.2. The summed E-state index contributed by atoms with van der Waals surface area (Å²) >= 11 is 1.85. The highest BCUT2D eigenvalue weighted by atomic mass is 32.1. The van der Waals surface area contributed by atoms with E-state index in [-0.39, 0.29) is 0 Å². The molecule has 0 bridgehead atoms. The lowest BCUT2D eigenvalue weighted by atomic mass is 9.88. The maximum Gasteiger partial charge on any atom is 0.136 e. The summed E-state index contributed by atoms with van der Waals surface area (Å²) in [6.45, 7) is 0. The van der Waals surface area contributed by atoms with Gasteiger partial charge in [0.1, 0.15) is 11.2 Å². The van der Waals surface area contributed by atoms with Gasteiger partial charge in [-0.2, -0.15) is 0 Å². The van der Waals surface area contributed by atoms with E-state index in [1.807, 2.05) is 23.5 Å². The molecule has 0 aliphatic rings. The molecule has 0 fully saturated rings. The van der Waals surface area contributed by atoms with Crippen molar-refractivity contribution in [3.63, 3.8) is 0 Å². The molecule has 0 saturated heterocycles. The number of anilines is 3. The molecule has 0 spiro atoms. The van der Waals surface area contributed by atoms with E-state index in [0.29, 0.717) is 0 Å².